The zero-order valence-electron chi connectivity index (χ0n) is 8.71. The third-order valence-corrected chi connectivity index (χ3v) is 2.09. The van der Waals surface area contributed by atoms with Gasteiger partial charge in [-0.05, 0) is 24.1 Å². The zero-order valence-corrected chi connectivity index (χ0v) is 8.71. The van der Waals surface area contributed by atoms with Crippen molar-refractivity contribution in [3.8, 4) is 11.6 Å². The van der Waals surface area contributed by atoms with Crippen LogP contribution in [0, 0.1) is 0 Å². The molecule has 0 fully saturated rings. The molecule has 1 heterocycles. The van der Waals surface area contributed by atoms with Gasteiger partial charge in [-0.15, -0.1) is 0 Å². The largest absolute Gasteiger partial charge is 0.438 e. The van der Waals surface area contributed by atoms with Crippen molar-refractivity contribution in [1.29, 1.82) is 0 Å². The Bertz CT molecular complexity index is 429. The quantitative estimate of drug-likeness (QED) is 0.846. The monoisotopic (exact) mass is 216 g/mol. The van der Waals surface area contributed by atoms with Gasteiger partial charge in [-0.2, -0.15) is 0 Å². The van der Waals surface area contributed by atoms with Crippen molar-refractivity contribution >= 4 is 0 Å². The molecule has 0 amide bonds. The van der Waals surface area contributed by atoms with E-state index >= 15 is 0 Å². The molecule has 0 saturated carbocycles. The summed E-state index contributed by atoms with van der Waals surface area (Å²) >= 11 is 0. The number of rotatable bonds is 4. The molecule has 0 aliphatic heterocycles. The van der Waals surface area contributed by atoms with Gasteiger partial charge in [0.25, 0.3) is 0 Å². The fourth-order valence-electron chi connectivity index (χ4n) is 1.31. The van der Waals surface area contributed by atoms with Crippen molar-refractivity contribution in [2.45, 2.75) is 6.42 Å². The number of hydrogen-bond donors (Lipinski definition) is 1. The minimum atomic E-state index is 0.157. The van der Waals surface area contributed by atoms with Crippen LogP contribution in [-0.4, -0.2) is 21.7 Å². The molecular weight excluding hydrogens is 204 g/mol. The van der Waals surface area contributed by atoms with Crippen molar-refractivity contribution in [1.82, 2.24) is 9.97 Å². The molecule has 82 valence electrons. The first-order chi connectivity index (χ1) is 7.88. The van der Waals surface area contributed by atoms with Crippen LogP contribution in [0.5, 0.6) is 11.6 Å². The number of benzene rings is 1. The second-order valence-electron chi connectivity index (χ2n) is 3.26. The third-order valence-electron chi connectivity index (χ3n) is 2.09. The van der Waals surface area contributed by atoms with Gasteiger partial charge in [0.05, 0.1) is 6.20 Å². The van der Waals surface area contributed by atoms with Crippen LogP contribution in [-0.2, 0) is 6.42 Å². The van der Waals surface area contributed by atoms with E-state index in [1.807, 2.05) is 24.3 Å². The van der Waals surface area contributed by atoms with E-state index in [1.165, 1.54) is 0 Å². The Morgan fingerprint density at radius 3 is 2.56 bits per heavy atom. The maximum atomic E-state index is 8.77. The molecule has 2 aromatic rings. The van der Waals surface area contributed by atoms with Gasteiger partial charge in [0.2, 0.25) is 5.88 Å². The second-order valence-corrected chi connectivity index (χ2v) is 3.26. The number of hydrogen-bond acceptors (Lipinski definition) is 4. The number of aliphatic hydroxyl groups is 1. The summed E-state index contributed by atoms with van der Waals surface area (Å²) in [5, 5.41) is 8.77. The molecule has 0 radical (unpaired) electrons. The Balaban J connectivity index is 2.05. The summed E-state index contributed by atoms with van der Waals surface area (Å²) in [7, 11) is 0. The standard InChI is InChI=1S/C12H12N2O2/c15-8-5-10-1-3-11(4-2-10)16-12-9-13-6-7-14-12/h1-4,6-7,9,15H,5,8H2. The molecule has 16 heavy (non-hydrogen) atoms. The van der Waals surface area contributed by atoms with Crippen LogP contribution in [0.2, 0.25) is 0 Å². The Hall–Kier alpha value is -1.94. The average molecular weight is 216 g/mol. The smallest absolute Gasteiger partial charge is 0.237 e. The lowest BCUT2D eigenvalue weighted by Crippen LogP contribution is -1.91. The Morgan fingerprint density at radius 2 is 1.94 bits per heavy atom. The van der Waals surface area contributed by atoms with E-state index in [4.69, 9.17) is 9.84 Å². The summed E-state index contributed by atoms with van der Waals surface area (Å²) in [6, 6.07) is 7.53. The summed E-state index contributed by atoms with van der Waals surface area (Å²) in [6.45, 7) is 0.157. The molecule has 2 rings (SSSR count). The lowest BCUT2D eigenvalue weighted by atomic mass is 10.1. The van der Waals surface area contributed by atoms with Gasteiger partial charge in [-0.3, -0.25) is 4.98 Å². The zero-order chi connectivity index (χ0) is 11.2. The van der Waals surface area contributed by atoms with Crippen LogP contribution in [0.1, 0.15) is 5.56 Å². The average Bonchev–Trinajstić information content (AvgIpc) is 2.33. The molecule has 0 bridgehead atoms. The highest BCUT2D eigenvalue weighted by atomic mass is 16.5. The van der Waals surface area contributed by atoms with E-state index < -0.39 is 0 Å². The van der Waals surface area contributed by atoms with Crippen molar-refractivity contribution in [3.63, 3.8) is 0 Å². The van der Waals surface area contributed by atoms with Gasteiger partial charge < -0.3 is 9.84 Å². The van der Waals surface area contributed by atoms with Crippen molar-refractivity contribution in [2.75, 3.05) is 6.61 Å². The minimum Gasteiger partial charge on any atom is -0.438 e. The topological polar surface area (TPSA) is 55.2 Å². The van der Waals surface area contributed by atoms with Crippen LogP contribution in [0.25, 0.3) is 0 Å². The highest BCUT2D eigenvalue weighted by molar-refractivity contribution is 5.29. The van der Waals surface area contributed by atoms with Gasteiger partial charge in [0.1, 0.15) is 5.75 Å². The van der Waals surface area contributed by atoms with Crippen molar-refractivity contribution < 1.29 is 9.84 Å². The molecule has 0 aliphatic rings. The highest BCUT2D eigenvalue weighted by Crippen LogP contribution is 2.18. The van der Waals surface area contributed by atoms with E-state index in [0.717, 1.165) is 5.56 Å². The van der Waals surface area contributed by atoms with Gasteiger partial charge in [0.15, 0.2) is 0 Å². The van der Waals surface area contributed by atoms with E-state index in [1.54, 1.807) is 18.6 Å². The maximum absolute atomic E-state index is 8.77. The first-order valence-electron chi connectivity index (χ1n) is 5.02. The summed E-state index contributed by atoms with van der Waals surface area (Å²) < 4.78 is 5.48. The summed E-state index contributed by atoms with van der Waals surface area (Å²) in [4.78, 5) is 7.92. The van der Waals surface area contributed by atoms with Crippen LogP contribution >= 0.6 is 0 Å². The molecule has 1 aromatic carbocycles. The minimum absolute atomic E-state index is 0.157. The van der Waals surface area contributed by atoms with Crippen LogP contribution in [0.15, 0.2) is 42.9 Å². The first-order valence-corrected chi connectivity index (χ1v) is 5.02. The van der Waals surface area contributed by atoms with Crippen LogP contribution < -0.4 is 4.74 Å². The van der Waals surface area contributed by atoms with E-state index in [9.17, 15) is 0 Å². The molecule has 0 aliphatic carbocycles. The predicted octanol–water partition coefficient (Wildman–Crippen LogP) is 1.80. The lowest BCUT2D eigenvalue weighted by molar-refractivity contribution is 0.299. The first kappa shape index (κ1) is 10.6. The van der Waals surface area contributed by atoms with Gasteiger partial charge in [-0.25, -0.2) is 4.98 Å². The summed E-state index contributed by atoms with van der Waals surface area (Å²) in [5.41, 5.74) is 1.08. The SMILES string of the molecule is OCCc1ccc(Oc2cnccn2)cc1. The second kappa shape index (κ2) is 5.23. The number of aliphatic hydroxyl groups excluding tert-OH is 1. The van der Waals surface area contributed by atoms with Crippen LogP contribution in [0.4, 0.5) is 0 Å². The predicted molar refractivity (Wildman–Crippen MR) is 59.3 cm³/mol. The number of ether oxygens (including phenoxy) is 1. The van der Waals surface area contributed by atoms with Gasteiger partial charge >= 0.3 is 0 Å². The molecule has 1 N–H and O–H groups in total. The fourth-order valence-corrected chi connectivity index (χ4v) is 1.31. The molecule has 0 atom stereocenters. The Morgan fingerprint density at radius 1 is 1.12 bits per heavy atom. The van der Waals surface area contributed by atoms with E-state index in [2.05, 4.69) is 9.97 Å². The Labute approximate surface area is 93.6 Å². The normalized spacial score (nSPS) is 10.1. The molecule has 0 spiro atoms. The van der Waals surface area contributed by atoms with E-state index in [-0.39, 0.29) is 6.61 Å². The van der Waals surface area contributed by atoms with Gasteiger partial charge in [0, 0.05) is 19.0 Å². The summed E-state index contributed by atoms with van der Waals surface area (Å²) in [6.07, 6.45) is 5.39. The molecule has 4 nitrogen and oxygen atoms in total. The third kappa shape index (κ3) is 2.77. The van der Waals surface area contributed by atoms with Crippen LogP contribution in [0.3, 0.4) is 0 Å². The maximum Gasteiger partial charge on any atom is 0.237 e. The van der Waals surface area contributed by atoms with E-state index in [0.29, 0.717) is 18.1 Å². The Kier molecular flexibility index (Phi) is 3.46. The molecule has 0 saturated heterocycles. The number of nitrogens with zero attached hydrogens (tertiary/aromatic N) is 2. The van der Waals surface area contributed by atoms with Crippen molar-refractivity contribution in [2.24, 2.45) is 0 Å². The fraction of sp³-hybridized carbons (Fsp3) is 0.167. The summed E-state index contributed by atoms with van der Waals surface area (Å²) in [5.74, 6) is 1.18. The lowest BCUT2D eigenvalue weighted by Gasteiger charge is -2.04. The van der Waals surface area contributed by atoms with Gasteiger partial charge in [-0.1, -0.05) is 12.1 Å². The molecule has 1 aromatic heterocycles. The molecule has 0 unspecified atom stereocenters. The number of aromatic nitrogens is 2. The molecular formula is C12H12N2O2. The van der Waals surface area contributed by atoms with Crippen molar-refractivity contribution in [3.05, 3.63) is 48.4 Å². The highest BCUT2D eigenvalue weighted by Gasteiger charge is 1.98. The molecule has 4 heteroatoms.